The molecule has 0 aliphatic carbocycles. The second-order valence-corrected chi connectivity index (χ2v) is 8.03. The molecule has 0 amide bonds. The highest BCUT2D eigenvalue weighted by Gasteiger charge is 2.31. The Morgan fingerprint density at radius 2 is 1.16 bits per heavy atom. The van der Waals surface area contributed by atoms with Crippen LogP contribution in [0, 0.1) is 5.41 Å². The minimum Gasteiger partial charge on any atom is -0.478 e. The fourth-order valence-electron chi connectivity index (χ4n) is 3.75. The van der Waals surface area contributed by atoms with Crippen molar-refractivity contribution >= 4 is 17.9 Å². The van der Waals surface area contributed by atoms with Gasteiger partial charge in [-0.05, 0) is 48.2 Å². The number of carbonyl (C=O) groups is 3. The molecular weight excluding hydrogens is 408 g/mol. The average Bonchev–Trinajstić information content (AvgIpc) is 2.78. The lowest BCUT2D eigenvalue weighted by Crippen LogP contribution is -2.31. The molecule has 0 unspecified atom stereocenters. The fraction of sp³-hybridized carbons (Fsp3) is 0.192. The molecular formula is C26H24O6. The van der Waals surface area contributed by atoms with Crippen molar-refractivity contribution in [2.75, 3.05) is 6.61 Å². The SMILES string of the molecule is CC(COC(=O)c1ccccc1)(Cc1ccccc1C(=O)O)Cc1ccccc1C(=O)O. The number of ether oxygens (including phenoxy) is 1. The molecule has 3 aromatic rings. The first-order valence-electron chi connectivity index (χ1n) is 10.1. The molecule has 0 radical (unpaired) electrons. The molecule has 164 valence electrons. The molecule has 0 aromatic heterocycles. The molecule has 0 aliphatic heterocycles. The first kappa shape index (κ1) is 22.7. The van der Waals surface area contributed by atoms with Gasteiger partial charge >= 0.3 is 17.9 Å². The van der Waals surface area contributed by atoms with Crippen molar-refractivity contribution < 1.29 is 29.3 Å². The second-order valence-electron chi connectivity index (χ2n) is 8.03. The average molecular weight is 432 g/mol. The molecule has 0 heterocycles. The van der Waals surface area contributed by atoms with Crippen molar-refractivity contribution in [3.8, 4) is 0 Å². The normalized spacial score (nSPS) is 11.0. The molecule has 0 fully saturated rings. The Morgan fingerprint density at radius 1 is 0.719 bits per heavy atom. The maximum absolute atomic E-state index is 12.5. The molecule has 32 heavy (non-hydrogen) atoms. The molecule has 0 spiro atoms. The number of esters is 1. The maximum atomic E-state index is 12.5. The van der Waals surface area contributed by atoms with Gasteiger partial charge in [-0.25, -0.2) is 14.4 Å². The zero-order chi connectivity index (χ0) is 23.1. The molecule has 0 bridgehead atoms. The topological polar surface area (TPSA) is 101 Å². The van der Waals surface area contributed by atoms with Crippen molar-refractivity contribution in [1.29, 1.82) is 0 Å². The van der Waals surface area contributed by atoms with Gasteiger partial charge in [-0.3, -0.25) is 0 Å². The van der Waals surface area contributed by atoms with Crippen LogP contribution in [-0.4, -0.2) is 34.7 Å². The Labute approximate surface area is 186 Å². The van der Waals surface area contributed by atoms with E-state index in [4.69, 9.17) is 4.74 Å². The molecule has 3 rings (SSSR count). The first-order valence-corrected chi connectivity index (χ1v) is 10.1. The van der Waals surface area contributed by atoms with E-state index in [0.717, 1.165) is 0 Å². The third-order valence-electron chi connectivity index (χ3n) is 5.29. The fourth-order valence-corrected chi connectivity index (χ4v) is 3.75. The van der Waals surface area contributed by atoms with E-state index in [1.807, 2.05) is 6.92 Å². The van der Waals surface area contributed by atoms with Crippen LogP contribution in [0.2, 0.25) is 0 Å². The highest BCUT2D eigenvalue weighted by molar-refractivity contribution is 5.90. The lowest BCUT2D eigenvalue weighted by Gasteiger charge is -2.30. The van der Waals surface area contributed by atoms with Gasteiger partial charge in [0, 0.05) is 5.41 Å². The van der Waals surface area contributed by atoms with Gasteiger partial charge in [-0.15, -0.1) is 0 Å². The summed E-state index contributed by atoms with van der Waals surface area (Å²) in [5, 5.41) is 19.1. The summed E-state index contributed by atoms with van der Waals surface area (Å²) in [6.45, 7) is 1.85. The lowest BCUT2D eigenvalue weighted by molar-refractivity contribution is 0.0307. The van der Waals surface area contributed by atoms with Gasteiger partial charge in [-0.2, -0.15) is 0 Å². The summed E-state index contributed by atoms with van der Waals surface area (Å²) in [5.41, 5.74) is 1.17. The number of benzene rings is 3. The number of hydrogen-bond donors (Lipinski definition) is 2. The number of hydrogen-bond acceptors (Lipinski definition) is 4. The molecule has 0 atom stereocenters. The van der Waals surface area contributed by atoms with Gasteiger partial charge in [-0.1, -0.05) is 61.5 Å². The van der Waals surface area contributed by atoms with E-state index in [-0.39, 0.29) is 30.6 Å². The van der Waals surface area contributed by atoms with Crippen molar-refractivity contribution in [3.63, 3.8) is 0 Å². The highest BCUT2D eigenvalue weighted by atomic mass is 16.5. The van der Waals surface area contributed by atoms with E-state index in [1.165, 1.54) is 12.1 Å². The van der Waals surface area contributed by atoms with Crippen molar-refractivity contribution in [2.24, 2.45) is 5.41 Å². The van der Waals surface area contributed by atoms with Gasteiger partial charge in [0.05, 0.1) is 23.3 Å². The molecule has 0 saturated carbocycles. The van der Waals surface area contributed by atoms with Crippen LogP contribution in [0.4, 0.5) is 0 Å². The Morgan fingerprint density at radius 3 is 1.62 bits per heavy atom. The van der Waals surface area contributed by atoms with Crippen LogP contribution in [0.1, 0.15) is 49.1 Å². The number of aromatic carboxylic acids is 2. The van der Waals surface area contributed by atoms with E-state index in [9.17, 15) is 24.6 Å². The van der Waals surface area contributed by atoms with Crippen LogP contribution in [0.5, 0.6) is 0 Å². The molecule has 0 saturated heterocycles. The zero-order valence-corrected chi connectivity index (χ0v) is 17.7. The number of carboxylic acids is 2. The molecule has 0 aliphatic rings. The Bertz CT molecular complexity index is 1060. The molecule has 6 nitrogen and oxygen atoms in total. The first-order chi connectivity index (χ1) is 15.3. The third-order valence-corrected chi connectivity index (χ3v) is 5.29. The number of rotatable bonds is 9. The van der Waals surface area contributed by atoms with E-state index in [0.29, 0.717) is 16.7 Å². The standard InChI is InChI=1S/C26H24O6/c1-26(15-19-11-5-7-13-21(19)23(27)28,16-20-12-6-8-14-22(20)24(29)30)17-32-25(31)18-9-3-2-4-10-18/h2-14H,15-17H2,1H3,(H,27,28)(H,29,30). The number of carboxylic acid groups (broad SMARTS) is 2. The second kappa shape index (κ2) is 9.92. The van der Waals surface area contributed by atoms with E-state index in [1.54, 1.807) is 66.7 Å². The van der Waals surface area contributed by atoms with Crippen molar-refractivity contribution in [2.45, 2.75) is 19.8 Å². The van der Waals surface area contributed by atoms with Gasteiger partial charge in [0.1, 0.15) is 0 Å². The van der Waals surface area contributed by atoms with E-state index in [2.05, 4.69) is 0 Å². The zero-order valence-electron chi connectivity index (χ0n) is 17.7. The minimum absolute atomic E-state index is 0.0113. The van der Waals surface area contributed by atoms with Gasteiger partial charge in [0.25, 0.3) is 0 Å². The van der Waals surface area contributed by atoms with Crippen LogP contribution < -0.4 is 0 Å². The minimum atomic E-state index is -1.05. The third kappa shape index (κ3) is 5.60. The lowest BCUT2D eigenvalue weighted by atomic mass is 9.77. The summed E-state index contributed by atoms with van der Waals surface area (Å²) in [6, 6.07) is 21.9. The predicted octanol–water partition coefficient (Wildman–Crippen LogP) is 4.73. The van der Waals surface area contributed by atoms with Gasteiger partial charge in [0.15, 0.2) is 0 Å². The highest BCUT2D eigenvalue weighted by Crippen LogP contribution is 2.31. The van der Waals surface area contributed by atoms with E-state index >= 15 is 0 Å². The summed E-state index contributed by atoms with van der Waals surface area (Å²) in [7, 11) is 0. The smallest absolute Gasteiger partial charge is 0.338 e. The summed E-state index contributed by atoms with van der Waals surface area (Å²) in [6.07, 6.45) is 0.566. The van der Waals surface area contributed by atoms with Crippen LogP contribution in [0.25, 0.3) is 0 Å². The maximum Gasteiger partial charge on any atom is 0.338 e. The molecule has 3 aromatic carbocycles. The number of carbonyl (C=O) groups excluding carboxylic acids is 1. The Hall–Kier alpha value is -3.93. The van der Waals surface area contributed by atoms with Gasteiger partial charge < -0.3 is 14.9 Å². The van der Waals surface area contributed by atoms with Gasteiger partial charge in [0.2, 0.25) is 0 Å². The molecule has 2 N–H and O–H groups in total. The van der Waals surface area contributed by atoms with Crippen LogP contribution in [0.15, 0.2) is 78.9 Å². The summed E-state index contributed by atoms with van der Waals surface area (Å²) < 4.78 is 5.60. The van der Waals surface area contributed by atoms with E-state index < -0.39 is 23.3 Å². The molecule has 6 heteroatoms. The Balaban J connectivity index is 1.92. The van der Waals surface area contributed by atoms with Crippen molar-refractivity contribution in [3.05, 3.63) is 107 Å². The monoisotopic (exact) mass is 432 g/mol. The summed E-state index contributed by atoms with van der Waals surface area (Å²) in [4.78, 5) is 35.9. The summed E-state index contributed by atoms with van der Waals surface area (Å²) >= 11 is 0. The predicted molar refractivity (Wildman–Crippen MR) is 119 cm³/mol. The van der Waals surface area contributed by atoms with Crippen LogP contribution >= 0.6 is 0 Å². The Kier molecular flexibility index (Phi) is 7.05. The largest absolute Gasteiger partial charge is 0.478 e. The van der Waals surface area contributed by atoms with Crippen molar-refractivity contribution in [1.82, 2.24) is 0 Å². The summed E-state index contributed by atoms with van der Waals surface area (Å²) in [5.74, 6) is -2.58. The van der Waals surface area contributed by atoms with Crippen LogP contribution in [-0.2, 0) is 17.6 Å². The van der Waals surface area contributed by atoms with Crippen LogP contribution in [0.3, 0.4) is 0 Å². The quantitative estimate of drug-likeness (QED) is 0.474.